The van der Waals surface area contributed by atoms with Gasteiger partial charge < -0.3 is 29.8 Å². The molecule has 0 aliphatic carbocycles. The topological polar surface area (TPSA) is 122 Å². The summed E-state index contributed by atoms with van der Waals surface area (Å²) in [7, 11) is 1.80. The van der Waals surface area contributed by atoms with E-state index in [1.807, 2.05) is 13.1 Å². The van der Waals surface area contributed by atoms with Gasteiger partial charge in [0.15, 0.2) is 11.6 Å². The lowest BCUT2D eigenvalue weighted by Crippen LogP contribution is -2.54. The van der Waals surface area contributed by atoms with Crippen LogP contribution in [0.4, 0.5) is 4.39 Å². The molecule has 1 unspecified atom stereocenters. The van der Waals surface area contributed by atoms with E-state index in [-0.39, 0.29) is 24.0 Å². The number of imidazole rings is 1. The first-order valence-corrected chi connectivity index (χ1v) is 12.0. The van der Waals surface area contributed by atoms with E-state index in [1.54, 1.807) is 52.3 Å². The number of aromatic nitrogens is 4. The standard InChI is InChI=1S/C26H28FN7O3/c1-16-13-30-24-23(16)22(5-6-29-24)37-21-4-3-17(11-18(21)27)12-19(28)25(35)33-7-9-34(10-8-33)26(36)20-14-32(2)15-31-20/h3-6,11,13-15,19H,7-10,12,28H2,1-2H3,(H,29,30). The molecule has 4 heterocycles. The highest BCUT2D eigenvalue weighted by atomic mass is 19.1. The van der Waals surface area contributed by atoms with Crippen molar-refractivity contribution in [2.24, 2.45) is 12.8 Å². The van der Waals surface area contributed by atoms with Gasteiger partial charge in [-0.05, 0) is 42.7 Å². The zero-order valence-electron chi connectivity index (χ0n) is 20.6. The SMILES string of the molecule is Cc1c[nH]c2nccc(Oc3ccc(CC(N)C(=O)N4CCN(C(=O)c5cn(C)cn5)CC4)cc3F)c12. The maximum Gasteiger partial charge on any atom is 0.274 e. The molecule has 4 aromatic rings. The van der Waals surface area contributed by atoms with Crippen molar-refractivity contribution in [2.75, 3.05) is 26.2 Å². The molecule has 2 amide bonds. The highest BCUT2D eigenvalue weighted by molar-refractivity contribution is 5.92. The van der Waals surface area contributed by atoms with Crippen molar-refractivity contribution in [1.82, 2.24) is 29.3 Å². The monoisotopic (exact) mass is 505 g/mol. The molecule has 11 heteroatoms. The predicted octanol–water partition coefficient (Wildman–Crippen LogP) is 2.39. The molecule has 0 saturated carbocycles. The van der Waals surface area contributed by atoms with Crippen LogP contribution in [0, 0.1) is 12.7 Å². The third-order valence-electron chi connectivity index (χ3n) is 6.52. The smallest absolute Gasteiger partial charge is 0.274 e. The highest BCUT2D eigenvalue weighted by Gasteiger charge is 2.28. The average Bonchev–Trinajstić information content (AvgIpc) is 3.51. The van der Waals surface area contributed by atoms with Crippen molar-refractivity contribution < 1.29 is 18.7 Å². The van der Waals surface area contributed by atoms with Crippen LogP contribution in [-0.2, 0) is 18.3 Å². The molecule has 0 bridgehead atoms. The Morgan fingerprint density at radius 1 is 1.14 bits per heavy atom. The summed E-state index contributed by atoms with van der Waals surface area (Å²) in [4.78, 5) is 40.2. The molecule has 0 radical (unpaired) electrons. The Labute approximate surface area is 212 Å². The molecule has 1 aliphatic rings. The van der Waals surface area contributed by atoms with E-state index in [4.69, 9.17) is 10.5 Å². The van der Waals surface area contributed by atoms with Crippen LogP contribution in [0.5, 0.6) is 11.5 Å². The number of aromatic amines is 1. The highest BCUT2D eigenvalue weighted by Crippen LogP contribution is 2.32. The number of H-pyrrole nitrogens is 1. The van der Waals surface area contributed by atoms with Crippen LogP contribution in [0.2, 0.25) is 0 Å². The number of carbonyl (C=O) groups excluding carboxylic acids is 2. The summed E-state index contributed by atoms with van der Waals surface area (Å²) < 4.78 is 22.5. The number of fused-ring (bicyclic) bond motifs is 1. The number of nitrogens with one attached hydrogen (secondary N) is 1. The number of benzene rings is 1. The van der Waals surface area contributed by atoms with Crippen LogP contribution in [-0.4, -0.2) is 73.4 Å². The summed E-state index contributed by atoms with van der Waals surface area (Å²) in [6.45, 7) is 3.48. The lowest BCUT2D eigenvalue weighted by Gasteiger charge is -2.35. The third-order valence-corrected chi connectivity index (χ3v) is 6.52. The van der Waals surface area contributed by atoms with E-state index in [0.717, 1.165) is 10.9 Å². The molecular weight excluding hydrogens is 477 g/mol. The van der Waals surface area contributed by atoms with Crippen molar-refractivity contribution in [3.63, 3.8) is 0 Å². The first kappa shape index (κ1) is 24.4. The number of piperazine rings is 1. The Bertz CT molecular complexity index is 1460. The van der Waals surface area contributed by atoms with Gasteiger partial charge in [0.25, 0.3) is 5.91 Å². The molecule has 3 N–H and O–H groups in total. The number of nitrogens with zero attached hydrogens (tertiary/aromatic N) is 5. The molecule has 0 spiro atoms. The van der Waals surface area contributed by atoms with Crippen LogP contribution in [0.15, 0.2) is 49.2 Å². The second kappa shape index (κ2) is 10.0. The van der Waals surface area contributed by atoms with E-state index >= 15 is 0 Å². The van der Waals surface area contributed by atoms with Crippen LogP contribution in [0.3, 0.4) is 0 Å². The number of carbonyl (C=O) groups is 2. The Balaban J connectivity index is 1.18. The van der Waals surface area contributed by atoms with E-state index in [2.05, 4.69) is 15.0 Å². The fourth-order valence-corrected chi connectivity index (χ4v) is 4.53. The number of halogens is 1. The Hall–Kier alpha value is -4.25. The fourth-order valence-electron chi connectivity index (χ4n) is 4.53. The number of hydrogen-bond donors (Lipinski definition) is 2. The number of pyridine rings is 1. The van der Waals surface area contributed by atoms with Gasteiger partial charge in [-0.15, -0.1) is 0 Å². The van der Waals surface area contributed by atoms with Gasteiger partial charge in [-0.3, -0.25) is 9.59 Å². The normalized spacial score (nSPS) is 14.7. The molecule has 1 fully saturated rings. The van der Waals surface area contributed by atoms with Crippen molar-refractivity contribution in [2.45, 2.75) is 19.4 Å². The zero-order chi connectivity index (χ0) is 26.1. The summed E-state index contributed by atoms with van der Waals surface area (Å²) in [5.74, 6) is -0.355. The van der Waals surface area contributed by atoms with E-state index in [0.29, 0.717) is 48.8 Å². The minimum atomic E-state index is -0.827. The summed E-state index contributed by atoms with van der Waals surface area (Å²) in [5, 5.41) is 0.792. The van der Waals surface area contributed by atoms with Crippen molar-refractivity contribution in [1.29, 1.82) is 0 Å². The average molecular weight is 506 g/mol. The first-order chi connectivity index (χ1) is 17.8. The lowest BCUT2D eigenvalue weighted by molar-refractivity contribution is -0.134. The number of rotatable bonds is 6. The largest absolute Gasteiger partial charge is 0.453 e. The number of amides is 2. The number of nitrogens with two attached hydrogens (primary N) is 1. The molecule has 10 nitrogen and oxygen atoms in total. The van der Waals surface area contributed by atoms with Crippen LogP contribution in [0.1, 0.15) is 21.6 Å². The molecule has 1 aliphatic heterocycles. The molecule has 1 saturated heterocycles. The second-order valence-corrected chi connectivity index (χ2v) is 9.22. The molecular formula is C26H28FN7O3. The van der Waals surface area contributed by atoms with Gasteiger partial charge in [-0.1, -0.05) is 6.07 Å². The Morgan fingerprint density at radius 3 is 2.59 bits per heavy atom. The number of hydrogen-bond acceptors (Lipinski definition) is 6. The summed E-state index contributed by atoms with van der Waals surface area (Å²) >= 11 is 0. The second-order valence-electron chi connectivity index (χ2n) is 9.22. The molecule has 37 heavy (non-hydrogen) atoms. The lowest BCUT2D eigenvalue weighted by atomic mass is 10.0. The van der Waals surface area contributed by atoms with Crippen LogP contribution >= 0.6 is 0 Å². The van der Waals surface area contributed by atoms with E-state index < -0.39 is 11.9 Å². The Morgan fingerprint density at radius 2 is 1.89 bits per heavy atom. The fraction of sp³-hybridized carbons (Fsp3) is 0.308. The van der Waals surface area contributed by atoms with Crippen molar-refractivity contribution >= 4 is 22.8 Å². The minimum absolute atomic E-state index is 0.0745. The molecule has 1 aromatic carbocycles. The van der Waals surface area contributed by atoms with Gasteiger partial charge in [-0.25, -0.2) is 14.4 Å². The van der Waals surface area contributed by atoms with Gasteiger partial charge >= 0.3 is 0 Å². The maximum atomic E-state index is 14.9. The van der Waals surface area contributed by atoms with Gasteiger partial charge in [0.2, 0.25) is 5.91 Å². The third kappa shape index (κ3) is 5.03. The van der Waals surface area contributed by atoms with E-state index in [9.17, 15) is 14.0 Å². The molecule has 1 atom stereocenters. The minimum Gasteiger partial charge on any atom is -0.453 e. The van der Waals surface area contributed by atoms with Gasteiger partial charge in [0, 0.05) is 51.8 Å². The molecule has 3 aromatic heterocycles. The van der Waals surface area contributed by atoms with Gasteiger partial charge in [0.1, 0.15) is 17.1 Å². The van der Waals surface area contributed by atoms with Crippen molar-refractivity contribution in [3.8, 4) is 11.5 Å². The van der Waals surface area contributed by atoms with Crippen molar-refractivity contribution in [3.05, 3.63) is 71.8 Å². The van der Waals surface area contributed by atoms with Crippen LogP contribution < -0.4 is 10.5 Å². The quantitative estimate of drug-likeness (QED) is 0.415. The predicted molar refractivity (Wildman–Crippen MR) is 135 cm³/mol. The first-order valence-electron chi connectivity index (χ1n) is 12.0. The zero-order valence-corrected chi connectivity index (χ0v) is 20.6. The van der Waals surface area contributed by atoms with E-state index in [1.165, 1.54) is 12.1 Å². The maximum absolute atomic E-state index is 14.9. The summed E-state index contributed by atoms with van der Waals surface area (Å²) in [6.07, 6.45) is 6.84. The van der Waals surface area contributed by atoms with Crippen LogP contribution in [0.25, 0.3) is 11.0 Å². The number of aryl methyl sites for hydroxylation is 2. The summed E-state index contributed by atoms with van der Waals surface area (Å²) in [5.41, 5.74) is 8.78. The molecule has 5 rings (SSSR count). The molecule has 192 valence electrons. The Kier molecular flexibility index (Phi) is 6.62. The number of ether oxygens (including phenoxy) is 1. The van der Waals surface area contributed by atoms with Gasteiger partial charge in [0.05, 0.1) is 17.8 Å². The summed E-state index contributed by atoms with van der Waals surface area (Å²) in [6, 6.07) is 5.45. The van der Waals surface area contributed by atoms with Gasteiger partial charge in [-0.2, -0.15) is 0 Å².